The van der Waals surface area contributed by atoms with Gasteiger partial charge in [0.15, 0.2) is 11.7 Å². The minimum Gasteiger partial charge on any atom is -0.441 e. The molecule has 18 heavy (non-hydrogen) atoms. The largest absolute Gasteiger partial charge is 0.441 e. The van der Waals surface area contributed by atoms with Crippen LogP contribution in [-0.4, -0.2) is 18.6 Å². The van der Waals surface area contributed by atoms with Crippen molar-refractivity contribution in [3.05, 3.63) is 39.8 Å². The van der Waals surface area contributed by atoms with Crippen molar-refractivity contribution in [2.45, 2.75) is 12.8 Å². The minimum atomic E-state index is 0.694. The predicted molar refractivity (Wildman–Crippen MR) is 76.9 cm³/mol. The third kappa shape index (κ3) is 3.34. The number of oxazole rings is 1. The second kappa shape index (κ2) is 6.36. The molecular formula is C13H14BrClN2O. The van der Waals surface area contributed by atoms with Crippen LogP contribution in [0.15, 0.2) is 33.3 Å². The molecule has 0 saturated carbocycles. The Balaban J connectivity index is 2.13. The van der Waals surface area contributed by atoms with Gasteiger partial charge < -0.3 is 9.73 Å². The molecule has 0 saturated heterocycles. The van der Waals surface area contributed by atoms with Crippen LogP contribution in [0.4, 0.5) is 0 Å². The number of hydrogen-bond donors (Lipinski definition) is 1. The van der Waals surface area contributed by atoms with Gasteiger partial charge in [0, 0.05) is 21.5 Å². The van der Waals surface area contributed by atoms with Crippen LogP contribution in [0.5, 0.6) is 0 Å². The van der Waals surface area contributed by atoms with Gasteiger partial charge in [0.1, 0.15) is 0 Å². The average molecular weight is 330 g/mol. The number of rotatable bonds is 5. The number of hydrogen-bond acceptors (Lipinski definition) is 3. The lowest BCUT2D eigenvalue weighted by atomic mass is 10.2. The van der Waals surface area contributed by atoms with Crippen molar-refractivity contribution in [1.82, 2.24) is 10.3 Å². The highest BCUT2D eigenvalue weighted by molar-refractivity contribution is 9.10. The maximum atomic E-state index is 5.91. The van der Waals surface area contributed by atoms with E-state index in [1.807, 2.05) is 25.2 Å². The molecule has 0 aliphatic rings. The monoisotopic (exact) mass is 328 g/mol. The molecule has 3 nitrogen and oxygen atoms in total. The number of aromatic nitrogens is 1. The summed E-state index contributed by atoms with van der Waals surface area (Å²) in [5.74, 6) is 1.53. The summed E-state index contributed by atoms with van der Waals surface area (Å²) in [6.07, 6.45) is 3.60. The van der Waals surface area contributed by atoms with E-state index in [2.05, 4.69) is 26.2 Å². The third-order valence-corrected chi connectivity index (χ3v) is 3.46. The van der Waals surface area contributed by atoms with Gasteiger partial charge in [-0.1, -0.05) is 11.6 Å². The Labute approximate surface area is 120 Å². The summed E-state index contributed by atoms with van der Waals surface area (Å²) in [5, 5.41) is 3.79. The molecule has 0 spiro atoms. The van der Waals surface area contributed by atoms with Gasteiger partial charge in [0.2, 0.25) is 0 Å². The standard InChI is InChI=1S/C13H14BrClN2O/c1-16-6-2-3-13-17-8-12(18-13)10-5-4-9(15)7-11(10)14/h4-5,7-8,16H,2-3,6H2,1H3. The van der Waals surface area contributed by atoms with Gasteiger partial charge in [0.05, 0.1) is 6.20 Å². The van der Waals surface area contributed by atoms with E-state index in [0.29, 0.717) is 5.02 Å². The Morgan fingerprint density at radius 3 is 3.00 bits per heavy atom. The smallest absolute Gasteiger partial charge is 0.194 e. The summed E-state index contributed by atoms with van der Waals surface area (Å²) in [7, 11) is 1.94. The molecular weight excluding hydrogens is 316 g/mol. The number of benzene rings is 1. The first-order chi connectivity index (χ1) is 8.70. The maximum Gasteiger partial charge on any atom is 0.194 e. The summed E-state index contributed by atoms with van der Waals surface area (Å²) in [5.41, 5.74) is 0.965. The van der Waals surface area contributed by atoms with E-state index < -0.39 is 0 Å². The van der Waals surface area contributed by atoms with Gasteiger partial charge in [-0.2, -0.15) is 0 Å². The van der Waals surface area contributed by atoms with E-state index in [0.717, 1.165) is 41.1 Å². The van der Waals surface area contributed by atoms with Crippen molar-refractivity contribution in [2.75, 3.05) is 13.6 Å². The molecule has 0 aliphatic carbocycles. The summed E-state index contributed by atoms with van der Waals surface area (Å²) < 4.78 is 6.64. The first-order valence-corrected chi connectivity index (χ1v) is 6.92. The summed E-state index contributed by atoms with van der Waals surface area (Å²) >= 11 is 9.39. The summed E-state index contributed by atoms with van der Waals surface area (Å²) in [6.45, 7) is 0.961. The van der Waals surface area contributed by atoms with Crippen molar-refractivity contribution in [2.24, 2.45) is 0 Å². The molecule has 0 amide bonds. The topological polar surface area (TPSA) is 38.1 Å². The second-order valence-electron chi connectivity index (χ2n) is 3.95. The molecule has 1 N–H and O–H groups in total. The molecule has 0 fully saturated rings. The fourth-order valence-electron chi connectivity index (χ4n) is 1.66. The van der Waals surface area contributed by atoms with Crippen molar-refractivity contribution in [3.63, 3.8) is 0 Å². The van der Waals surface area contributed by atoms with Crippen LogP contribution in [-0.2, 0) is 6.42 Å². The summed E-state index contributed by atoms with van der Waals surface area (Å²) in [6, 6.07) is 5.61. The molecule has 2 aromatic rings. The predicted octanol–water partition coefficient (Wildman–Crippen LogP) is 3.91. The highest BCUT2D eigenvalue weighted by Crippen LogP contribution is 2.31. The Bertz CT molecular complexity index is 527. The van der Waals surface area contributed by atoms with E-state index in [-0.39, 0.29) is 0 Å². The van der Waals surface area contributed by atoms with Crippen LogP contribution >= 0.6 is 27.5 Å². The Morgan fingerprint density at radius 2 is 2.28 bits per heavy atom. The highest BCUT2D eigenvalue weighted by atomic mass is 79.9. The molecule has 96 valence electrons. The fourth-order valence-corrected chi connectivity index (χ4v) is 2.53. The number of halogens is 2. The van der Waals surface area contributed by atoms with Crippen LogP contribution in [0.3, 0.4) is 0 Å². The molecule has 1 aromatic heterocycles. The van der Waals surface area contributed by atoms with Crippen LogP contribution in [0.2, 0.25) is 5.02 Å². The van der Waals surface area contributed by atoms with Crippen LogP contribution < -0.4 is 5.32 Å². The van der Waals surface area contributed by atoms with Gasteiger partial charge in [-0.3, -0.25) is 0 Å². The molecule has 1 aromatic carbocycles. The third-order valence-electron chi connectivity index (χ3n) is 2.57. The number of aryl methyl sites for hydroxylation is 1. The lowest BCUT2D eigenvalue weighted by Crippen LogP contribution is -2.08. The number of nitrogens with one attached hydrogen (secondary N) is 1. The molecule has 0 aliphatic heterocycles. The van der Waals surface area contributed by atoms with Gasteiger partial charge in [-0.25, -0.2) is 4.98 Å². The fraction of sp³-hybridized carbons (Fsp3) is 0.308. The van der Waals surface area contributed by atoms with E-state index in [1.54, 1.807) is 6.20 Å². The molecule has 1 heterocycles. The molecule has 0 radical (unpaired) electrons. The maximum absolute atomic E-state index is 5.91. The average Bonchev–Trinajstić information content (AvgIpc) is 2.78. The first kappa shape index (κ1) is 13.6. The normalized spacial score (nSPS) is 10.8. The van der Waals surface area contributed by atoms with Crippen LogP contribution in [0.25, 0.3) is 11.3 Å². The zero-order valence-corrected chi connectivity index (χ0v) is 12.4. The zero-order chi connectivity index (χ0) is 13.0. The van der Waals surface area contributed by atoms with Gasteiger partial charge in [-0.15, -0.1) is 0 Å². The zero-order valence-electron chi connectivity index (χ0n) is 10.0. The molecule has 2 rings (SSSR count). The van der Waals surface area contributed by atoms with Gasteiger partial charge in [-0.05, 0) is 54.1 Å². The van der Waals surface area contributed by atoms with E-state index in [1.165, 1.54) is 0 Å². The van der Waals surface area contributed by atoms with Gasteiger partial charge in [0.25, 0.3) is 0 Å². The van der Waals surface area contributed by atoms with Crippen molar-refractivity contribution in [1.29, 1.82) is 0 Å². The molecule has 0 bridgehead atoms. The Kier molecular flexibility index (Phi) is 4.80. The lowest BCUT2D eigenvalue weighted by molar-refractivity contribution is 0.495. The molecule has 0 atom stereocenters. The molecule has 0 unspecified atom stereocenters. The Hall–Kier alpha value is -0.840. The van der Waals surface area contributed by atoms with Crippen molar-refractivity contribution < 1.29 is 4.42 Å². The number of nitrogens with zero attached hydrogens (tertiary/aromatic N) is 1. The quantitative estimate of drug-likeness (QED) is 0.845. The van der Waals surface area contributed by atoms with Gasteiger partial charge >= 0.3 is 0 Å². The SMILES string of the molecule is CNCCCc1ncc(-c2ccc(Cl)cc2Br)o1. The second-order valence-corrected chi connectivity index (χ2v) is 5.24. The minimum absolute atomic E-state index is 0.694. The first-order valence-electron chi connectivity index (χ1n) is 5.75. The highest BCUT2D eigenvalue weighted by Gasteiger charge is 2.09. The van der Waals surface area contributed by atoms with E-state index in [9.17, 15) is 0 Å². The van der Waals surface area contributed by atoms with Crippen molar-refractivity contribution >= 4 is 27.5 Å². The van der Waals surface area contributed by atoms with Crippen molar-refractivity contribution in [3.8, 4) is 11.3 Å². The lowest BCUT2D eigenvalue weighted by Gasteiger charge is -2.01. The Morgan fingerprint density at radius 1 is 1.44 bits per heavy atom. The van der Waals surface area contributed by atoms with E-state index >= 15 is 0 Å². The van der Waals surface area contributed by atoms with Crippen LogP contribution in [0, 0.1) is 0 Å². The summed E-state index contributed by atoms with van der Waals surface area (Å²) in [4.78, 5) is 4.28. The molecule has 5 heteroatoms. The van der Waals surface area contributed by atoms with E-state index in [4.69, 9.17) is 16.0 Å². The van der Waals surface area contributed by atoms with Crippen LogP contribution in [0.1, 0.15) is 12.3 Å².